The van der Waals surface area contributed by atoms with Crippen LogP contribution in [0.15, 0.2) is 59.6 Å². The number of hydrogen-bond donors (Lipinski definition) is 0. The number of nitro benzene ring substituents is 1. The molecule has 0 aliphatic rings. The van der Waals surface area contributed by atoms with Gasteiger partial charge in [0.15, 0.2) is 5.82 Å². The van der Waals surface area contributed by atoms with Gasteiger partial charge in [-0.2, -0.15) is 5.26 Å². The van der Waals surface area contributed by atoms with Gasteiger partial charge < -0.3 is 0 Å². The first kappa shape index (κ1) is 17.6. The van der Waals surface area contributed by atoms with Crippen molar-refractivity contribution in [3.05, 3.63) is 81.5 Å². The van der Waals surface area contributed by atoms with Gasteiger partial charge in [-0.05, 0) is 6.92 Å². The number of nitrogens with zero attached hydrogens (tertiary/aromatic N) is 4. The van der Waals surface area contributed by atoms with E-state index < -0.39 is 4.92 Å². The van der Waals surface area contributed by atoms with Crippen molar-refractivity contribution in [3.8, 4) is 17.5 Å². The molecule has 3 rings (SSSR count). The Bertz CT molecular complexity index is 1000. The van der Waals surface area contributed by atoms with Crippen molar-refractivity contribution in [2.45, 2.75) is 17.7 Å². The maximum atomic E-state index is 11.2. The zero-order valence-corrected chi connectivity index (χ0v) is 14.7. The van der Waals surface area contributed by atoms with Crippen LogP contribution in [0, 0.1) is 28.4 Å². The second-order valence-electron chi connectivity index (χ2n) is 5.47. The minimum atomic E-state index is -0.401. The highest BCUT2D eigenvalue weighted by Gasteiger charge is 2.16. The molecular formula is C19H14N4O2S. The van der Waals surface area contributed by atoms with E-state index >= 15 is 0 Å². The SMILES string of the molecule is Cc1nc(-c2ccccc2)nc(SCc2ccccc2[N+](=O)[O-])c1C#N. The van der Waals surface area contributed by atoms with Crippen molar-refractivity contribution in [2.24, 2.45) is 0 Å². The summed E-state index contributed by atoms with van der Waals surface area (Å²) in [4.78, 5) is 19.7. The van der Waals surface area contributed by atoms with Gasteiger partial charge in [0.25, 0.3) is 5.69 Å². The molecule has 26 heavy (non-hydrogen) atoms. The number of aryl methyl sites for hydroxylation is 1. The highest BCUT2D eigenvalue weighted by atomic mass is 32.2. The van der Waals surface area contributed by atoms with Crippen molar-refractivity contribution < 1.29 is 4.92 Å². The predicted octanol–water partition coefficient (Wildman–Crippen LogP) is 4.52. The normalized spacial score (nSPS) is 10.3. The minimum Gasteiger partial charge on any atom is -0.258 e. The van der Waals surface area contributed by atoms with E-state index in [9.17, 15) is 15.4 Å². The average molecular weight is 362 g/mol. The predicted molar refractivity (Wildman–Crippen MR) is 99.6 cm³/mol. The van der Waals surface area contributed by atoms with Crippen LogP contribution in [0.3, 0.4) is 0 Å². The number of aromatic nitrogens is 2. The number of nitro groups is 1. The Balaban J connectivity index is 1.96. The van der Waals surface area contributed by atoms with Gasteiger partial charge in [-0.15, -0.1) is 0 Å². The van der Waals surface area contributed by atoms with E-state index in [-0.39, 0.29) is 5.69 Å². The van der Waals surface area contributed by atoms with Gasteiger partial charge in [0, 0.05) is 22.9 Å². The highest BCUT2D eigenvalue weighted by Crippen LogP contribution is 2.30. The molecule has 0 bridgehead atoms. The lowest BCUT2D eigenvalue weighted by molar-refractivity contribution is -0.385. The third-order valence-electron chi connectivity index (χ3n) is 3.75. The van der Waals surface area contributed by atoms with Crippen molar-refractivity contribution in [2.75, 3.05) is 0 Å². The summed E-state index contributed by atoms with van der Waals surface area (Å²) < 4.78 is 0. The zero-order valence-electron chi connectivity index (χ0n) is 13.9. The molecule has 1 aromatic heterocycles. The Morgan fingerprint density at radius 2 is 1.81 bits per heavy atom. The largest absolute Gasteiger partial charge is 0.273 e. The van der Waals surface area contributed by atoms with Crippen LogP contribution in [-0.2, 0) is 5.75 Å². The summed E-state index contributed by atoms with van der Waals surface area (Å²) in [7, 11) is 0. The molecule has 0 fully saturated rings. The van der Waals surface area contributed by atoms with E-state index in [0.717, 1.165) is 5.56 Å². The molecule has 0 amide bonds. The van der Waals surface area contributed by atoms with Gasteiger partial charge in [-0.3, -0.25) is 10.1 Å². The van der Waals surface area contributed by atoms with E-state index in [4.69, 9.17) is 0 Å². The van der Waals surface area contributed by atoms with Crippen LogP contribution in [0.25, 0.3) is 11.4 Å². The highest BCUT2D eigenvalue weighted by molar-refractivity contribution is 7.98. The topological polar surface area (TPSA) is 92.7 Å². The number of nitriles is 1. The molecule has 0 spiro atoms. The monoisotopic (exact) mass is 362 g/mol. The van der Waals surface area contributed by atoms with E-state index in [1.54, 1.807) is 25.1 Å². The first-order chi connectivity index (χ1) is 12.6. The van der Waals surface area contributed by atoms with Gasteiger partial charge in [0.1, 0.15) is 16.7 Å². The molecule has 0 saturated carbocycles. The second kappa shape index (κ2) is 7.76. The Morgan fingerprint density at radius 3 is 2.50 bits per heavy atom. The maximum Gasteiger partial charge on any atom is 0.273 e. The van der Waals surface area contributed by atoms with Crippen LogP contribution in [0.4, 0.5) is 5.69 Å². The molecule has 0 unspecified atom stereocenters. The van der Waals surface area contributed by atoms with E-state index in [1.807, 2.05) is 30.3 Å². The molecule has 1 heterocycles. The molecule has 0 N–H and O–H groups in total. The van der Waals surface area contributed by atoms with Crippen molar-refractivity contribution in [3.63, 3.8) is 0 Å². The Morgan fingerprint density at radius 1 is 1.12 bits per heavy atom. The summed E-state index contributed by atoms with van der Waals surface area (Å²) in [6.45, 7) is 1.77. The van der Waals surface area contributed by atoms with Crippen molar-refractivity contribution in [1.29, 1.82) is 5.26 Å². The molecular weight excluding hydrogens is 348 g/mol. The third-order valence-corrected chi connectivity index (χ3v) is 4.78. The van der Waals surface area contributed by atoms with Crippen LogP contribution in [0.1, 0.15) is 16.8 Å². The summed E-state index contributed by atoms with van der Waals surface area (Å²) in [5, 5.41) is 21.1. The summed E-state index contributed by atoms with van der Waals surface area (Å²) >= 11 is 1.30. The zero-order chi connectivity index (χ0) is 18.5. The summed E-state index contributed by atoms with van der Waals surface area (Å²) in [6.07, 6.45) is 0. The second-order valence-corrected chi connectivity index (χ2v) is 6.43. The Hall–Kier alpha value is -3.24. The molecule has 2 aromatic carbocycles. The fraction of sp³-hybridized carbons (Fsp3) is 0.105. The molecule has 128 valence electrons. The molecule has 0 radical (unpaired) electrons. The molecule has 0 aliphatic heterocycles. The van der Waals surface area contributed by atoms with E-state index in [1.165, 1.54) is 17.8 Å². The molecule has 0 saturated heterocycles. The molecule has 0 atom stereocenters. The van der Waals surface area contributed by atoms with Crippen LogP contribution in [0.2, 0.25) is 0 Å². The average Bonchev–Trinajstić information content (AvgIpc) is 2.66. The fourth-order valence-electron chi connectivity index (χ4n) is 2.45. The van der Waals surface area contributed by atoms with Crippen LogP contribution in [0.5, 0.6) is 0 Å². The molecule has 6 nitrogen and oxygen atoms in total. The fourth-order valence-corrected chi connectivity index (χ4v) is 3.48. The Labute approximate surface area is 154 Å². The molecule has 0 aliphatic carbocycles. The number of rotatable bonds is 5. The molecule has 7 heteroatoms. The van der Waals surface area contributed by atoms with Gasteiger partial charge in [-0.1, -0.05) is 60.3 Å². The van der Waals surface area contributed by atoms with Gasteiger partial charge in [0.2, 0.25) is 0 Å². The summed E-state index contributed by atoms with van der Waals surface area (Å²) in [5.74, 6) is 0.878. The quantitative estimate of drug-likeness (QED) is 0.287. The van der Waals surface area contributed by atoms with Gasteiger partial charge in [0.05, 0.1) is 10.6 Å². The molecule has 3 aromatic rings. The lowest BCUT2D eigenvalue weighted by Crippen LogP contribution is -2.00. The van der Waals surface area contributed by atoms with Crippen LogP contribution < -0.4 is 0 Å². The number of thioether (sulfide) groups is 1. The van der Waals surface area contributed by atoms with Crippen molar-refractivity contribution >= 4 is 17.4 Å². The van der Waals surface area contributed by atoms with Crippen molar-refractivity contribution in [1.82, 2.24) is 9.97 Å². The first-order valence-corrected chi connectivity index (χ1v) is 8.78. The van der Waals surface area contributed by atoms with Crippen LogP contribution in [-0.4, -0.2) is 14.9 Å². The third kappa shape index (κ3) is 3.71. The Kier molecular flexibility index (Phi) is 5.25. The summed E-state index contributed by atoms with van der Waals surface area (Å²) in [5.41, 5.74) is 2.49. The minimum absolute atomic E-state index is 0.0626. The van der Waals surface area contributed by atoms with E-state index in [0.29, 0.717) is 33.4 Å². The van der Waals surface area contributed by atoms with E-state index in [2.05, 4.69) is 16.0 Å². The van der Waals surface area contributed by atoms with Gasteiger partial charge >= 0.3 is 0 Å². The van der Waals surface area contributed by atoms with Gasteiger partial charge in [-0.25, -0.2) is 9.97 Å². The smallest absolute Gasteiger partial charge is 0.258 e. The lowest BCUT2D eigenvalue weighted by atomic mass is 10.2. The standard InChI is InChI=1S/C19H14N4O2S/c1-13-16(11-20)19(22-18(21-13)14-7-3-2-4-8-14)26-12-15-9-5-6-10-17(15)23(24)25/h2-10H,12H2,1H3. The van der Waals surface area contributed by atoms with Crippen LogP contribution >= 0.6 is 11.8 Å². The number of para-hydroxylation sites is 1. The number of hydrogen-bond acceptors (Lipinski definition) is 6. The number of benzene rings is 2. The maximum absolute atomic E-state index is 11.2. The first-order valence-electron chi connectivity index (χ1n) is 7.79. The lowest BCUT2D eigenvalue weighted by Gasteiger charge is -2.09. The summed E-state index contributed by atoms with van der Waals surface area (Å²) in [6, 6.07) is 18.2.